The van der Waals surface area contributed by atoms with Gasteiger partial charge >= 0.3 is 0 Å². The van der Waals surface area contributed by atoms with Crippen LogP contribution in [-0.4, -0.2) is 18.3 Å². The number of benzene rings is 1. The Morgan fingerprint density at radius 3 is 2.62 bits per heavy atom. The van der Waals surface area contributed by atoms with Crippen LogP contribution in [-0.2, 0) is 0 Å². The van der Waals surface area contributed by atoms with Crippen molar-refractivity contribution in [3.63, 3.8) is 0 Å². The average molecular weight is 239 g/mol. The van der Waals surface area contributed by atoms with Crippen LogP contribution in [0.3, 0.4) is 0 Å². The summed E-state index contributed by atoms with van der Waals surface area (Å²) in [6.07, 6.45) is 5.20. The van der Waals surface area contributed by atoms with E-state index in [4.69, 9.17) is 0 Å². The second-order valence-corrected chi connectivity index (χ2v) is 5.41. The van der Waals surface area contributed by atoms with Crippen LogP contribution in [0.1, 0.15) is 25.7 Å². The van der Waals surface area contributed by atoms with Gasteiger partial charge in [-0.25, -0.2) is 4.39 Å². The van der Waals surface area contributed by atoms with Crippen LogP contribution in [0.5, 0.6) is 0 Å². The number of nitrogens with one attached hydrogen (secondary N) is 1. The van der Waals surface area contributed by atoms with Crippen LogP contribution < -0.4 is 5.32 Å². The van der Waals surface area contributed by atoms with E-state index in [9.17, 15) is 4.39 Å². The van der Waals surface area contributed by atoms with Crippen LogP contribution in [0.4, 0.5) is 4.39 Å². The summed E-state index contributed by atoms with van der Waals surface area (Å²) in [6, 6.07) is 7.57. The summed E-state index contributed by atoms with van der Waals surface area (Å²) >= 11 is 1.81. The molecule has 16 heavy (non-hydrogen) atoms. The van der Waals surface area contributed by atoms with Crippen molar-refractivity contribution in [1.82, 2.24) is 5.32 Å². The average Bonchev–Trinajstić information content (AvgIpc) is 3.10. The Morgan fingerprint density at radius 2 is 1.94 bits per heavy atom. The molecule has 88 valence electrons. The minimum atomic E-state index is -0.155. The molecule has 1 fully saturated rings. The molecular weight excluding hydrogens is 221 g/mol. The predicted octanol–water partition coefficient (Wildman–Crippen LogP) is 3.45. The fourth-order valence-corrected chi connectivity index (χ4v) is 2.45. The number of thioether (sulfide) groups is 1. The number of unbranched alkanes of at least 4 members (excludes halogenated alkanes) is 1. The van der Waals surface area contributed by atoms with Gasteiger partial charge in [0.25, 0.3) is 0 Å². The van der Waals surface area contributed by atoms with E-state index in [2.05, 4.69) is 5.32 Å². The molecule has 0 saturated heterocycles. The molecule has 0 unspecified atom stereocenters. The molecule has 0 atom stereocenters. The van der Waals surface area contributed by atoms with Gasteiger partial charge in [0.2, 0.25) is 0 Å². The van der Waals surface area contributed by atoms with Crippen molar-refractivity contribution in [2.45, 2.75) is 36.6 Å². The largest absolute Gasteiger partial charge is 0.314 e. The maximum Gasteiger partial charge on any atom is 0.123 e. The molecule has 0 heterocycles. The SMILES string of the molecule is Fc1ccc(SCCCCNC2CC2)cc1. The van der Waals surface area contributed by atoms with E-state index >= 15 is 0 Å². The van der Waals surface area contributed by atoms with Crippen LogP contribution in [0.2, 0.25) is 0 Å². The van der Waals surface area contributed by atoms with Gasteiger partial charge in [-0.05, 0) is 62.2 Å². The third kappa shape index (κ3) is 4.54. The van der Waals surface area contributed by atoms with Gasteiger partial charge in [-0.15, -0.1) is 11.8 Å². The lowest BCUT2D eigenvalue weighted by Crippen LogP contribution is -2.17. The summed E-state index contributed by atoms with van der Waals surface area (Å²) in [5.41, 5.74) is 0. The van der Waals surface area contributed by atoms with E-state index in [-0.39, 0.29) is 5.82 Å². The minimum absolute atomic E-state index is 0.155. The highest BCUT2D eigenvalue weighted by Gasteiger charge is 2.19. The lowest BCUT2D eigenvalue weighted by Gasteiger charge is -2.03. The monoisotopic (exact) mass is 239 g/mol. The normalized spacial score (nSPS) is 15.3. The zero-order valence-corrected chi connectivity index (χ0v) is 10.2. The fraction of sp³-hybridized carbons (Fsp3) is 0.538. The Labute approximate surface area is 101 Å². The molecule has 2 rings (SSSR count). The van der Waals surface area contributed by atoms with Gasteiger partial charge in [0.15, 0.2) is 0 Å². The number of halogens is 1. The zero-order chi connectivity index (χ0) is 11.2. The summed E-state index contributed by atoms with van der Waals surface area (Å²) in [7, 11) is 0. The number of rotatable bonds is 7. The van der Waals surface area contributed by atoms with Crippen LogP contribution >= 0.6 is 11.8 Å². The van der Waals surface area contributed by atoms with Crippen molar-refractivity contribution in [2.24, 2.45) is 0 Å². The van der Waals surface area contributed by atoms with Crippen molar-refractivity contribution < 1.29 is 4.39 Å². The van der Waals surface area contributed by atoms with Crippen molar-refractivity contribution >= 4 is 11.8 Å². The molecule has 0 radical (unpaired) electrons. The first-order valence-corrected chi connectivity index (χ1v) is 6.95. The Bertz CT molecular complexity index is 308. The second kappa shape index (κ2) is 6.26. The summed E-state index contributed by atoms with van der Waals surface area (Å²) in [5.74, 6) is 0.968. The maximum atomic E-state index is 12.6. The van der Waals surface area contributed by atoms with E-state index in [0.717, 1.165) is 23.2 Å². The van der Waals surface area contributed by atoms with Gasteiger partial charge in [-0.3, -0.25) is 0 Å². The standard InChI is InChI=1S/C13H18FNS/c14-11-3-7-13(8-4-11)16-10-2-1-9-15-12-5-6-12/h3-4,7-8,12,15H,1-2,5-6,9-10H2. The highest BCUT2D eigenvalue weighted by molar-refractivity contribution is 7.99. The molecule has 1 aromatic carbocycles. The zero-order valence-electron chi connectivity index (χ0n) is 9.42. The van der Waals surface area contributed by atoms with E-state index in [1.54, 1.807) is 0 Å². The molecule has 1 saturated carbocycles. The van der Waals surface area contributed by atoms with Crippen molar-refractivity contribution in [3.05, 3.63) is 30.1 Å². The molecule has 0 aliphatic heterocycles. The molecule has 0 spiro atoms. The van der Waals surface area contributed by atoms with E-state index in [0.29, 0.717) is 0 Å². The van der Waals surface area contributed by atoms with Gasteiger partial charge in [0, 0.05) is 10.9 Å². The van der Waals surface area contributed by atoms with Gasteiger partial charge < -0.3 is 5.32 Å². The van der Waals surface area contributed by atoms with Crippen molar-refractivity contribution in [1.29, 1.82) is 0 Å². The molecule has 1 aromatic rings. The number of hydrogen-bond acceptors (Lipinski definition) is 2. The van der Waals surface area contributed by atoms with Crippen molar-refractivity contribution in [3.8, 4) is 0 Å². The fourth-order valence-electron chi connectivity index (χ4n) is 1.54. The molecule has 1 N–H and O–H groups in total. The van der Waals surface area contributed by atoms with Crippen LogP contribution in [0.25, 0.3) is 0 Å². The van der Waals surface area contributed by atoms with Crippen LogP contribution in [0, 0.1) is 5.82 Å². The Kier molecular flexibility index (Phi) is 4.67. The summed E-state index contributed by atoms with van der Waals surface area (Å²) in [5, 5.41) is 3.50. The summed E-state index contributed by atoms with van der Waals surface area (Å²) < 4.78 is 12.6. The number of hydrogen-bond donors (Lipinski definition) is 1. The summed E-state index contributed by atoms with van der Waals surface area (Å²) in [4.78, 5) is 1.16. The Morgan fingerprint density at radius 1 is 1.19 bits per heavy atom. The first-order valence-electron chi connectivity index (χ1n) is 5.96. The van der Waals surface area contributed by atoms with Gasteiger partial charge in [0.05, 0.1) is 0 Å². The quantitative estimate of drug-likeness (QED) is 0.578. The smallest absolute Gasteiger partial charge is 0.123 e. The van der Waals surface area contributed by atoms with Crippen molar-refractivity contribution in [2.75, 3.05) is 12.3 Å². The first-order chi connectivity index (χ1) is 7.84. The molecule has 1 nitrogen and oxygen atoms in total. The maximum absolute atomic E-state index is 12.6. The molecule has 3 heteroatoms. The van der Waals surface area contributed by atoms with E-state index in [1.807, 2.05) is 23.9 Å². The summed E-state index contributed by atoms with van der Waals surface area (Å²) in [6.45, 7) is 1.15. The van der Waals surface area contributed by atoms with Gasteiger partial charge in [-0.1, -0.05) is 0 Å². The Balaban J connectivity index is 1.51. The minimum Gasteiger partial charge on any atom is -0.314 e. The van der Waals surface area contributed by atoms with E-state index in [1.165, 1.54) is 37.8 Å². The van der Waals surface area contributed by atoms with Crippen LogP contribution in [0.15, 0.2) is 29.2 Å². The predicted molar refractivity (Wildman–Crippen MR) is 67.4 cm³/mol. The second-order valence-electron chi connectivity index (χ2n) is 4.24. The third-order valence-electron chi connectivity index (χ3n) is 2.66. The molecule has 1 aliphatic carbocycles. The molecule has 0 amide bonds. The highest BCUT2D eigenvalue weighted by Crippen LogP contribution is 2.20. The molecule has 1 aliphatic rings. The molecule has 0 aromatic heterocycles. The third-order valence-corrected chi connectivity index (χ3v) is 3.76. The lowest BCUT2D eigenvalue weighted by molar-refractivity contribution is 0.626. The Hall–Kier alpha value is -0.540. The van der Waals surface area contributed by atoms with E-state index < -0.39 is 0 Å². The van der Waals surface area contributed by atoms with Gasteiger partial charge in [0.1, 0.15) is 5.82 Å². The highest BCUT2D eigenvalue weighted by atomic mass is 32.2. The molecule has 0 bridgehead atoms. The topological polar surface area (TPSA) is 12.0 Å². The first kappa shape index (κ1) is 11.9. The van der Waals surface area contributed by atoms with Gasteiger partial charge in [-0.2, -0.15) is 0 Å². The molecular formula is C13H18FNS. The lowest BCUT2D eigenvalue weighted by atomic mass is 10.3.